The summed E-state index contributed by atoms with van der Waals surface area (Å²) in [5.74, 6) is 0.796. The smallest absolute Gasteiger partial charge is 0.187 e. The molecule has 0 bridgehead atoms. The fourth-order valence-electron chi connectivity index (χ4n) is 2.79. The van der Waals surface area contributed by atoms with Crippen LogP contribution in [0.25, 0.3) is 27.8 Å². The molecule has 2 N–H and O–H groups in total. The van der Waals surface area contributed by atoms with Crippen molar-refractivity contribution in [2.45, 2.75) is 11.8 Å². The second-order valence-corrected chi connectivity index (χ2v) is 5.92. The summed E-state index contributed by atoms with van der Waals surface area (Å²) in [6.07, 6.45) is 1.84. The van der Waals surface area contributed by atoms with E-state index >= 15 is 0 Å². The second kappa shape index (κ2) is 4.75. The molecular weight excluding hydrogens is 300 g/mol. The molecule has 4 rings (SSSR count). The number of rotatable bonds is 2. The van der Waals surface area contributed by atoms with Crippen LogP contribution in [-0.4, -0.2) is 28.3 Å². The van der Waals surface area contributed by atoms with Crippen LogP contribution in [0.4, 0.5) is 0 Å². The van der Waals surface area contributed by atoms with Crippen LogP contribution >= 0.6 is 0 Å². The molecule has 0 aliphatic rings. The van der Waals surface area contributed by atoms with Crippen LogP contribution in [-0.2, 0) is 11.1 Å². The third-order valence-electron chi connectivity index (χ3n) is 3.72. The van der Waals surface area contributed by atoms with Crippen molar-refractivity contribution < 1.29 is 8.76 Å². The summed E-state index contributed by atoms with van der Waals surface area (Å²) in [7, 11) is 0. The molecule has 0 amide bonds. The van der Waals surface area contributed by atoms with E-state index in [0.29, 0.717) is 16.1 Å². The van der Waals surface area contributed by atoms with Crippen LogP contribution in [0.3, 0.4) is 0 Å². The first-order valence-electron chi connectivity index (χ1n) is 6.69. The van der Waals surface area contributed by atoms with Crippen LogP contribution in [0.15, 0.2) is 47.5 Å². The fourth-order valence-corrected chi connectivity index (χ4v) is 3.35. The van der Waals surface area contributed by atoms with Gasteiger partial charge in [-0.25, -0.2) is 4.21 Å². The number of nitrogens with zero attached hydrogens (tertiary/aromatic N) is 3. The van der Waals surface area contributed by atoms with Gasteiger partial charge in [0.1, 0.15) is 5.82 Å². The predicted molar refractivity (Wildman–Crippen MR) is 84.1 cm³/mol. The molecule has 0 aliphatic carbocycles. The number of pyridine rings is 1. The van der Waals surface area contributed by atoms with Gasteiger partial charge in [0, 0.05) is 17.3 Å². The van der Waals surface area contributed by atoms with Crippen molar-refractivity contribution >= 4 is 27.8 Å². The highest BCUT2D eigenvalue weighted by molar-refractivity contribution is 7.79. The lowest BCUT2D eigenvalue weighted by atomic mass is 10.1. The SMILES string of the molecule is Cc1nnc2cc(-c3ccccc3S(=O)O)c3[nH]ccc3n12. The van der Waals surface area contributed by atoms with E-state index in [0.717, 1.165) is 22.4 Å². The predicted octanol–water partition coefficient (Wildman–Crippen LogP) is 2.77. The monoisotopic (exact) mass is 312 g/mol. The maximum absolute atomic E-state index is 11.6. The number of hydrogen-bond donors (Lipinski definition) is 2. The largest absolute Gasteiger partial charge is 0.359 e. The Bertz CT molecular complexity index is 1030. The van der Waals surface area contributed by atoms with Gasteiger partial charge in [-0.05, 0) is 25.1 Å². The molecular formula is C15H12N4O2S. The van der Waals surface area contributed by atoms with Crippen molar-refractivity contribution in [3.8, 4) is 11.1 Å². The summed E-state index contributed by atoms with van der Waals surface area (Å²) in [6, 6.07) is 10.9. The van der Waals surface area contributed by atoms with E-state index in [1.54, 1.807) is 12.1 Å². The molecule has 6 nitrogen and oxygen atoms in total. The molecule has 0 fully saturated rings. The summed E-state index contributed by atoms with van der Waals surface area (Å²) in [6.45, 7) is 1.89. The van der Waals surface area contributed by atoms with E-state index in [1.165, 1.54) is 0 Å². The van der Waals surface area contributed by atoms with Crippen molar-refractivity contribution in [1.82, 2.24) is 19.6 Å². The van der Waals surface area contributed by atoms with Crippen molar-refractivity contribution in [3.63, 3.8) is 0 Å². The molecule has 0 spiro atoms. The van der Waals surface area contributed by atoms with Crippen LogP contribution < -0.4 is 0 Å². The average Bonchev–Trinajstić information content (AvgIpc) is 3.13. The molecule has 22 heavy (non-hydrogen) atoms. The third kappa shape index (κ3) is 1.79. The molecule has 110 valence electrons. The normalized spacial score (nSPS) is 13.0. The Hall–Kier alpha value is -2.51. The number of aromatic nitrogens is 4. The maximum atomic E-state index is 11.6. The zero-order valence-electron chi connectivity index (χ0n) is 11.6. The Morgan fingerprint density at radius 3 is 2.82 bits per heavy atom. The van der Waals surface area contributed by atoms with Gasteiger partial charge in [0.15, 0.2) is 16.7 Å². The first-order valence-corrected chi connectivity index (χ1v) is 7.79. The average molecular weight is 312 g/mol. The first kappa shape index (κ1) is 13.2. The number of aromatic amines is 1. The minimum Gasteiger partial charge on any atom is -0.359 e. The molecule has 1 unspecified atom stereocenters. The van der Waals surface area contributed by atoms with E-state index in [4.69, 9.17) is 0 Å². The van der Waals surface area contributed by atoms with Gasteiger partial charge in [-0.1, -0.05) is 18.2 Å². The van der Waals surface area contributed by atoms with E-state index in [2.05, 4.69) is 15.2 Å². The number of nitrogens with one attached hydrogen (secondary N) is 1. The van der Waals surface area contributed by atoms with Gasteiger partial charge in [0.25, 0.3) is 0 Å². The molecule has 3 aromatic heterocycles. The number of fused-ring (bicyclic) bond motifs is 3. The van der Waals surface area contributed by atoms with Gasteiger partial charge in [0.2, 0.25) is 0 Å². The van der Waals surface area contributed by atoms with Crippen LogP contribution in [0, 0.1) is 6.92 Å². The Kier molecular flexibility index (Phi) is 2.85. The zero-order chi connectivity index (χ0) is 15.3. The van der Waals surface area contributed by atoms with Crippen LogP contribution in [0.1, 0.15) is 5.82 Å². The molecule has 0 saturated heterocycles. The first-order chi connectivity index (χ1) is 10.7. The summed E-state index contributed by atoms with van der Waals surface area (Å²) < 4.78 is 23.1. The molecule has 7 heteroatoms. The molecule has 3 heterocycles. The van der Waals surface area contributed by atoms with E-state index < -0.39 is 11.1 Å². The lowest BCUT2D eigenvalue weighted by Crippen LogP contribution is -1.96. The maximum Gasteiger partial charge on any atom is 0.187 e. The van der Waals surface area contributed by atoms with Gasteiger partial charge >= 0.3 is 0 Å². The lowest BCUT2D eigenvalue weighted by molar-refractivity contribution is 0.564. The van der Waals surface area contributed by atoms with Crippen molar-refractivity contribution in [2.75, 3.05) is 0 Å². The van der Waals surface area contributed by atoms with Gasteiger partial charge in [-0.2, -0.15) is 0 Å². The summed E-state index contributed by atoms with van der Waals surface area (Å²) in [5, 5.41) is 8.28. The van der Waals surface area contributed by atoms with Crippen LogP contribution in [0.5, 0.6) is 0 Å². The molecule has 1 aromatic carbocycles. The lowest BCUT2D eigenvalue weighted by Gasteiger charge is -2.09. The third-order valence-corrected chi connectivity index (χ3v) is 4.46. The Labute approximate surface area is 128 Å². The molecule has 0 radical (unpaired) electrons. The topological polar surface area (TPSA) is 83.3 Å². The van der Waals surface area contributed by atoms with E-state index in [-0.39, 0.29) is 0 Å². The van der Waals surface area contributed by atoms with Gasteiger partial charge in [-0.15, -0.1) is 10.2 Å². The Morgan fingerprint density at radius 2 is 2.00 bits per heavy atom. The Balaban J connectivity index is 2.15. The number of aryl methyl sites for hydroxylation is 1. The highest BCUT2D eigenvalue weighted by atomic mass is 32.2. The van der Waals surface area contributed by atoms with Crippen molar-refractivity contribution in [2.24, 2.45) is 0 Å². The standard InChI is InChI=1S/C15H12N4O2S/c1-9-17-18-14-8-11(15-12(19(9)14)6-7-16-15)10-4-2-3-5-13(10)22(20)21/h2-8,16H,1H3,(H,20,21). The number of H-pyrrole nitrogens is 1. The molecule has 1 atom stereocenters. The zero-order valence-corrected chi connectivity index (χ0v) is 12.5. The van der Waals surface area contributed by atoms with E-state index in [1.807, 2.05) is 41.8 Å². The van der Waals surface area contributed by atoms with Gasteiger partial charge in [-0.3, -0.25) is 4.40 Å². The Morgan fingerprint density at radius 1 is 1.18 bits per heavy atom. The van der Waals surface area contributed by atoms with Crippen molar-refractivity contribution in [3.05, 3.63) is 48.4 Å². The summed E-state index contributed by atoms with van der Waals surface area (Å²) in [4.78, 5) is 3.58. The molecule has 0 saturated carbocycles. The quantitative estimate of drug-likeness (QED) is 0.558. The van der Waals surface area contributed by atoms with Crippen LogP contribution in [0.2, 0.25) is 0 Å². The summed E-state index contributed by atoms with van der Waals surface area (Å²) in [5.41, 5.74) is 4.07. The minimum absolute atomic E-state index is 0.374. The second-order valence-electron chi connectivity index (χ2n) is 4.98. The number of hydrogen-bond acceptors (Lipinski definition) is 3. The number of benzene rings is 1. The molecule has 4 aromatic rings. The highest BCUT2D eigenvalue weighted by Crippen LogP contribution is 2.33. The van der Waals surface area contributed by atoms with Gasteiger partial charge < -0.3 is 9.54 Å². The van der Waals surface area contributed by atoms with Crippen molar-refractivity contribution in [1.29, 1.82) is 0 Å². The summed E-state index contributed by atoms with van der Waals surface area (Å²) >= 11 is -2.06. The van der Waals surface area contributed by atoms with E-state index in [9.17, 15) is 8.76 Å². The minimum atomic E-state index is -2.06. The highest BCUT2D eigenvalue weighted by Gasteiger charge is 2.16. The fraction of sp³-hybridized carbons (Fsp3) is 0.0667. The molecule has 0 aliphatic heterocycles. The van der Waals surface area contributed by atoms with Gasteiger partial charge in [0.05, 0.1) is 15.9 Å².